The minimum Gasteiger partial charge on any atom is -0.495 e. The maximum absolute atomic E-state index is 14.1. The van der Waals surface area contributed by atoms with Gasteiger partial charge in [0.25, 0.3) is 5.91 Å². The molecule has 0 atom stereocenters. The van der Waals surface area contributed by atoms with Crippen LogP contribution in [0.15, 0.2) is 24.4 Å². The van der Waals surface area contributed by atoms with Crippen LogP contribution < -0.4 is 15.8 Å². The van der Waals surface area contributed by atoms with E-state index in [0.717, 1.165) is 0 Å². The highest BCUT2D eigenvalue weighted by molar-refractivity contribution is 6.35. The Balaban J connectivity index is 2.17. The van der Waals surface area contributed by atoms with Crippen LogP contribution in [0, 0.1) is 5.82 Å². The van der Waals surface area contributed by atoms with Crippen molar-refractivity contribution in [1.29, 1.82) is 0 Å². The second-order valence-electron chi connectivity index (χ2n) is 4.36. The number of ether oxygens (including phenoxy) is 1. The van der Waals surface area contributed by atoms with Gasteiger partial charge in [-0.15, -0.1) is 0 Å². The predicted octanol–water partition coefficient (Wildman–Crippen LogP) is 2.24. The highest BCUT2D eigenvalue weighted by Crippen LogP contribution is 2.37. The zero-order chi connectivity index (χ0) is 14.3. The number of hydrogen-bond donors (Lipinski definition) is 3. The topological polar surface area (TPSA) is 80.1 Å². The van der Waals surface area contributed by atoms with Crippen molar-refractivity contribution >= 4 is 28.9 Å². The van der Waals surface area contributed by atoms with Crippen LogP contribution in [0.25, 0.3) is 11.6 Å². The van der Waals surface area contributed by atoms with Crippen LogP contribution in [0.4, 0.5) is 15.8 Å². The molecule has 1 aliphatic heterocycles. The van der Waals surface area contributed by atoms with E-state index in [-0.39, 0.29) is 22.7 Å². The fraction of sp³-hybridized carbons (Fsp3) is 0.0714. The standard InChI is InChI=1S/C14H12FN3O2/c1-20-11-4-5-17-10(11)6-7-12-9(18-14(7)19)3-2-8(16)13(12)15/h2-6,17H,16H2,1H3,(H,18,19)/b7-6-. The van der Waals surface area contributed by atoms with Crippen molar-refractivity contribution in [3.8, 4) is 5.75 Å². The number of H-pyrrole nitrogens is 1. The van der Waals surface area contributed by atoms with Gasteiger partial charge in [0.05, 0.1) is 29.8 Å². The van der Waals surface area contributed by atoms with E-state index in [9.17, 15) is 9.18 Å². The Kier molecular flexibility index (Phi) is 2.71. The van der Waals surface area contributed by atoms with Crippen LogP contribution in [-0.2, 0) is 4.79 Å². The fourth-order valence-corrected chi connectivity index (χ4v) is 2.20. The molecular weight excluding hydrogens is 261 g/mol. The number of fused-ring (bicyclic) bond motifs is 1. The Bertz CT molecular complexity index is 734. The highest BCUT2D eigenvalue weighted by atomic mass is 19.1. The molecule has 1 aromatic carbocycles. The summed E-state index contributed by atoms with van der Waals surface area (Å²) in [5, 5.41) is 2.61. The maximum atomic E-state index is 14.1. The first-order chi connectivity index (χ1) is 9.61. The third-order valence-corrected chi connectivity index (χ3v) is 3.18. The van der Waals surface area contributed by atoms with Gasteiger partial charge in [0, 0.05) is 11.8 Å². The van der Waals surface area contributed by atoms with E-state index in [4.69, 9.17) is 10.5 Å². The van der Waals surface area contributed by atoms with E-state index in [2.05, 4.69) is 10.3 Å². The number of hydrogen-bond acceptors (Lipinski definition) is 3. The summed E-state index contributed by atoms with van der Waals surface area (Å²) < 4.78 is 19.3. The molecule has 102 valence electrons. The predicted molar refractivity (Wildman–Crippen MR) is 74.7 cm³/mol. The van der Waals surface area contributed by atoms with Crippen molar-refractivity contribution in [3.63, 3.8) is 0 Å². The van der Waals surface area contributed by atoms with E-state index in [1.54, 1.807) is 24.4 Å². The second kappa shape index (κ2) is 4.41. The Morgan fingerprint density at radius 1 is 1.35 bits per heavy atom. The number of nitrogens with two attached hydrogens (primary N) is 1. The van der Waals surface area contributed by atoms with Crippen LogP contribution in [0.5, 0.6) is 5.75 Å². The molecular formula is C14H12FN3O2. The number of aromatic nitrogens is 1. The molecule has 0 aliphatic carbocycles. The molecule has 0 spiro atoms. The van der Waals surface area contributed by atoms with Gasteiger partial charge in [0.1, 0.15) is 5.75 Å². The number of amides is 1. The molecule has 3 rings (SSSR count). The van der Waals surface area contributed by atoms with Crippen molar-refractivity contribution in [2.45, 2.75) is 0 Å². The zero-order valence-electron chi connectivity index (χ0n) is 10.7. The van der Waals surface area contributed by atoms with Gasteiger partial charge in [-0.05, 0) is 24.3 Å². The number of carbonyl (C=O) groups is 1. The van der Waals surface area contributed by atoms with E-state index < -0.39 is 5.82 Å². The van der Waals surface area contributed by atoms with Crippen molar-refractivity contribution in [3.05, 3.63) is 41.5 Å². The van der Waals surface area contributed by atoms with Gasteiger partial charge >= 0.3 is 0 Å². The summed E-state index contributed by atoms with van der Waals surface area (Å²) in [7, 11) is 1.52. The number of methoxy groups -OCH3 is 1. The molecule has 0 unspecified atom stereocenters. The molecule has 6 heteroatoms. The number of nitrogens with one attached hydrogen (secondary N) is 2. The molecule has 2 heterocycles. The minimum absolute atomic E-state index is 0.00426. The van der Waals surface area contributed by atoms with Crippen LogP contribution in [0.3, 0.4) is 0 Å². The summed E-state index contributed by atoms with van der Waals surface area (Å²) in [6.45, 7) is 0. The lowest BCUT2D eigenvalue weighted by Crippen LogP contribution is -2.03. The monoisotopic (exact) mass is 273 g/mol. The average Bonchev–Trinajstić information content (AvgIpc) is 3.00. The Hall–Kier alpha value is -2.76. The molecule has 2 aromatic rings. The summed E-state index contributed by atoms with van der Waals surface area (Å²) in [6, 6.07) is 4.72. The fourth-order valence-electron chi connectivity index (χ4n) is 2.20. The van der Waals surface area contributed by atoms with Gasteiger partial charge in [0.2, 0.25) is 0 Å². The third-order valence-electron chi connectivity index (χ3n) is 3.18. The van der Waals surface area contributed by atoms with Crippen molar-refractivity contribution in [2.75, 3.05) is 18.2 Å². The summed E-state index contributed by atoms with van der Waals surface area (Å²) in [6.07, 6.45) is 3.22. The summed E-state index contributed by atoms with van der Waals surface area (Å²) >= 11 is 0. The molecule has 0 saturated heterocycles. The molecule has 0 fully saturated rings. The number of nitrogen functional groups attached to an aromatic ring is 1. The first-order valence-electron chi connectivity index (χ1n) is 5.94. The smallest absolute Gasteiger partial charge is 0.256 e. The molecule has 5 nitrogen and oxygen atoms in total. The number of rotatable bonds is 2. The van der Waals surface area contributed by atoms with Crippen LogP contribution in [0.1, 0.15) is 11.3 Å². The first-order valence-corrected chi connectivity index (χ1v) is 5.94. The second-order valence-corrected chi connectivity index (χ2v) is 4.36. The van der Waals surface area contributed by atoms with Crippen LogP contribution >= 0.6 is 0 Å². The van der Waals surface area contributed by atoms with Crippen molar-refractivity contribution in [2.24, 2.45) is 0 Å². The van der Waals surface area contributed by atoms with Crippen molar-refractivity contribution < 1.29 is 13.9 Å². The largest absolute Gasteiger partial charge is 0.495 e. The number of benzene rings is 1. The SMILES string of the molecule is COc1cc[nH]c1/C=C1\C(=O)Nc2ccc(N)c(F)c21. The lowest BCUT2D eigenvalue weighted by molar-refractivity contribution is -0.110. The first kappa shape index (κ1) is 12.3. The Morgan fingerprint density at radius 3 is 2.90 bits per heavy atom. The van der Waals surface area contributed by atoms with Crippen LogP contribution in [0.2, 0.25) is 0 Å². The highest BCUT2D eigenvalue weighted by Gasteiger charge is 2.29. The zero-order valence-corrected chi connectivity index (χ0v) is 10.7. The molecule has 4 N–H and O–H groups in total. The van der Waals surface area contributed by atoms with Gasteiger partial charge in [-0.1, -0.05) is 0 Å². The summed E-state index contributed by atoms with van der Waals surface area (Å²) in [5.41, 5.74) is 6.97. The number of anilines is 2. The molecule has 1 aliphatic rings. The van der Waals surface area contributed by atoms with Gasteiger partial charge < -0.3 is 20.8 Å². The average molecular weight is 273 g/mol. The van der Waals surface area contributed by atoms with E-state index in [0.29, 0.717) is 17.1 Å². The molecule has 0 saturated carbocycles. The summed E-state index contributed by atoms with van der Waals surface area (Å²) in [5.74, 6) is -0.401. The summed E-state index contributed by atoms with van der Waals surface area (Å²) in [4.78, 5) is 14.9. The third kappa shape index (κ3) is 1.73. The minimum atomic E-state index is -0.599. The molecule has 1 amide bonds. The lowest BCUT2D eigenvalue weighted by atomic mass is 10.0. The number of halogens is 1. The lowest BCUT2D eigenvalue weighted by Gasteiger charge is -2.04. The van der Waals surface area contributed by atoms with Crippen LogP contribution in [-0.4, -0.2) is 18.0 Å². The molecule has 0 bridgehead atoms. The maximum Gasteiger partial charge on any atom is 0.256 e. The van der Waals surface area contributed by atoms with Gasteiger partial charge in [-0.2, -0.15) is 0 Å². The normalized spacial score (nSPS) is 15.3. The number of carbonyl (C=O) groups excluding carboxylic acids is 1. The van der Waals surface area contributed by atoms with Gasteiger partial charge in [-0.25, -0.2) is 4.39 Å². The molecule has 0 radical (unpaired) electrons. The quantitative estimate of drug-likeness (QED) is 0.580. The van der Waals surface area contributed by atoms with Gasteiger partial charge in [0.15, 0.2) is 5.82 Å². The van der Waals surface area contributed by atoms with E-state index >= 15 is 0 Å². The van der Waals surface area contributed by atoms with Gasteiger partial charge in [-0.3, -0.25) is 4.79 Å². The Morgan fingerprint density at radius 2 is 2.15 bits per heavy atom. The molecule has 20 heavy (non-hydrogen) atoms. The number of aromatic amines is 1. The Labute approximate surface area is 114 Å². The van der Waals surface area contributed by atoms with E-state index in [1.165, 1.54) is 13.2 Å². The van der Waals surface area contributed by atoms with E-state index in [1.807, 2.05) is 0 Å². The molecule has 1 aromatic heterocycles. The van der Waals surface area contributed by atoms with Crippen molar-refractivity contribution in [1.82, 2.24) is 4.98 Å².